The number of likely N-dealkylation sites (tertiary alicyclic amines) is 1. The Kier molecular flexibility index (Phi) is 7.97. The van der Waals surface area contributed by atoms with Crippen LogP contribution in [0.4, 0.5) is 5.69 Å². The molecule has 4 heteroatoms. The second-order valence-corrected chi connectivity index (χ2v) is 10.5. The van der Waals surface area contributed by atoms with Crippen LogP contribution in [0.5, 0.6) is 0 Å². The molecule has 0 bridgehead atoms. The number of hydrogen-bond donors (Lipinski definition) is 1. The standard InChI is InChI=1S/C34H34N2O.ClH/c37-33-34(30-16-8-3-9-17-30,21-24-36-22-19-28(20-23-36)27-13-6-2-7-14-27)32-29(15-10-18-31(32)35-33)25-26-11-4-1-5-12-26;/h1-18,28H,19-25H2,(H,35,37);1H. The third-order valence-corrected chi connectivity index (χ3v) is 8.38. The zero-order valence-electron chi connectivity index (χ0n) is 21.7. The smallest absolute Gasteiger partial charge is 0.239 e. The van der Waals surface area contributed by atoms with E-state index in [1.807, 2.05) is 6.07 Å². The number of nitrogens with zero attached hydrogens (tertiary/aromatic N) is 1. The number of nitrogens with one attached hydrogen (secondary N) is 1. The molecule has 1 fully saturated rings. The van der Waals surface area contributed by atoms with Gasteiger partial charge >= 0.3 is 0 Å². The number of anilines is 1. The van der Waals surface area contributed by atoms with Gasteiger partial charge in [-0.05, 0) is 85.1 Å². The van der Waals surface area contributed by atoms with Crippen molar-refractivity contribution in [1.82, 2.24) is 4.90 Å². The Morgan fingerprint density at radius 2 is 1.39 bits per heavy atom. The molecule has 1 unspecified atom stereocenters. The van der Waals surface area contributed by atoms with E-state index in [1.165, 1.54) is 29.5 Å². The summed E-state index contributed by atoms with van der Waals surface area (Å²) in [5, 5.41) is 3.27. The molecule has 1 atom stereocenters. The van der Waals surface area contributed by atoms with Crippen molar-refractivity contribution in [3.8, 4) is 0 Å². The number of halogens is 1. The lowest BCUT2D eigenvalue weighted by atomic mass is 9.70. The SMILES string of the molecule is Cl.O=C1Nc2cccc(Cc3ccccc3)c2C1(CCN1CCC(c2ccccc2)CC1)c1ccccc1. The molecule has 6 rings (SSSR count). The number of rotatable bonds is 7. The van der Waals surface area contributed by atoms with Crippen molar-refractivity contribution in [3.05, 3.63) is 137 Å². The van der Waals surface area contributed by atoms with Crippen LogP contribution in [0, 0.1) is 0 Å². The van der Waals surface area contributed by atoms with Crippen molar-refractivity contribution in [2.45, 2.75) is 37.0 Å². The van der Waals surface area contributed by atoms with Crippen LogP contribution in [0.1, 0.15) is 53.0 Å². The molecule has 2 heterocycles. The first-order valence-electron chi connectivity index (χ1n) is 13.5. The van der Waals surface area contributed by atoms with Crippen molar-refractivity contribution in [3.63, 3.8) is 0 Å². The van der Waals surface area contributed by atoms with Crippen LogP contribution >= 0.6 is 12.4 Å². The van der Waals surface area contributed by atoms with E-state index in [2.05, 4.69) is 113 Å². The fourth-order valence-electron chi connectivity index (χ4n) is 6.44. The maximum atomic E-state index is 13.9. The van der Waals surface area contributed by atoms with E-state index in [0.29, 0.717) is 5.92 Å². The number of amides is 1. The first-order valence-corrected chi connectivity index (χ1v) is 13.5. The normalized spacial score (nSPS) is 19.4. The molecule has 0 aromatic heterocycles. The maximum absolute atomic E-state index is 13.9. The summed E-state index contributed by atoms with van der Waals surface area (Å²) in [4.78, 5) is 16.5. The van der Waals surface area contributed by atoms with E-state index < -0.39 is 5.41 Å². The molecule has 1 N–H and O–H groups in total. The third-order valence-electron chi connectivity index (χ3n) is 8.38. The molecule has 0 radical (unpaired) electrons. The average Bonchev–Trinajstić information content (AvgIpc) is 3.26. The number of piperidine rings is 1. The fraction of sp³-hybridized carbons (Fsp3) is 0.265. The summed E-state index contributed by atoms with van der Waals surface area (Å²) in [6.45, 7) is 3.05. The highest BCUT2D eigenvalue weighted by atomic mass is 35.5. The largest absolute Gasteiger partial charge is 0.325 e. The monoisotopic (exact) mass is 522 g/mol. The van der Waals surface area contributed by atoms with Gasteiger partial charge in [-0.15, -0.1) is 12.4 Å². The summed E-state index contributed by atoms with van der Waals surface area (Å²) in [7, 11) is 0. The van der Waals surface area contributed by atoms with Crippen molar-refractivity contribution < 1.29 is 4.79 Å². The van der Waals surface area contributed by atoms with Gasteiger partial charge in [0.05, 0.1) is 0 Å². The molecule has 0 spiro atoms. The Morgan fingerprint density at radius 3 is 2.08 bits per heavy atom. The fourth-order valence-corrected chi connectivity index (χ4v) is 6.44. The van der Waals surface area contributed by atoms with Gasteiger partial charge in [0.2, 0.25) is 5.91 Å². The van der Waals surface area contributed by atoms with E-state index >= 15 is 0 Å². The Bertz CT molecular complexity index is 1350. The van der Waals surface area contributed by atoms with Gasteiger partial charge in [-0.1, -0.05) is 103 Å². The minimum Gasteiger partial charge on any atom is -0.325 e. The number of carbonyl (C=O) groups excluding carboxylic acids is 1. The van der Waals surface area contributed by atoms with Gasteiger partial charge in [0.15, 0.2) is 0 Å². The van der Waals surface area contributed by atoms with Crippen molar-refractivity contribution in [2.75, 3.05) is 25.0 Å². The molecule has 3 nitrogen and oxygen atoms in total. The molecule has 2 aliphatic rings. The van der Waals surface area contributed by atoms with Crippen LogP contribution in [-0.4, -0.2) is 30.4 Å². The minimum atomic E-state index is -0.682. The predicted octanol–water partition coefficient (Wildman–Crippen LogP) is 7.21. The summed E-state index contributed by atoms with van der Waals surface area (Å²) in [6.07, 6.45) is 3.93. The third kappa shape index (κ3) is 5.01. The van der Waals surface area contributed by atoms with E-state index in [4.69, 9.17) is 0 Å². The summed E-state index contributed by atoms with van der Waals surface area (Å²) < 4.78 is 0. The maximum Gasteiger partial charge on any atom is 0.239 e. The van der Waals surface area contributed by atoms with Gasteiger partial charge in [-0.2, -0.15) is 0 Å². The lowest BCUT2D eigenvalue weighted by Gasteiger charge is -2.36. The summed E-state index contributed by atoms with van der Waals surface area (Å²) in [5.74, 6) is 0.738. The highest BCUT2D eigenvalue weighted by Crippen LogP contribution is 2.47. The second kappa shape index (κ2) is 11.6. The van der Waals surface area contributed by atoms with Crippen LogP contribution in [0.3, 0.4) is 0 Å². The number of hydrogen-bond acceptors (Lipinski definition) is 2. The van der Waals surface area contributed by atoms with Crippen molar-refractivity contribution in [2.24, 2.45) is 0 Å². The Morgan fingerprint density at radius 1 is 0.763 bits per heavy atom. The van der Waals surface area contributed by atoms with Gasteiger partial charge in [0, 0.05) is 5.69 Å². The van der Waals surface area contributed by atoms with Crippen LogP contribution in [-0.2, 0) is 16.6 Å². The molecule has 2 aliphatic heterocycles. The van der Waals surface area contributed by atoms with Crippen LogP contribution in [0.2, 0.25) is 0 Å². The number of carbonyl (C=O) groups is 1. The molecule has 4 aromatic carbocycles. The zero-order valence-corrected chi connectivity index (χ0v) is 22.5. The first kappa shape index (κ1) is 26.2. The van der Waals surface area contributed by atoms with Gasteiger partial charge in [0.1, 0.15) is 5.41 Å². The van der Waals surface area contributed by atoms with E-state index in [0.717, 1.165) is 49.3 Å². The number of benzene rings is 4. The molecule has 1 saturated heterocycles. The number of fused-ring (bicyclic) bond motifs is 1. The zero-order chi connectivity index (χ0) is 25.1. The molecular weight excluding hydrogens is 488 g/mol. The highest BCUT2D eigenvalue weighted by Gasteiger charge is 2.49. The predicted molar refractivity (Wildman–Crippen MR) is 158 cm³/mol. The molecule has 1 amide bonds. The second-order valence-electron chi connectivity index (χ2n) is 10.5. The topological polar surface area (TPSA) is 32.3 Å². The van der Waals surface area contributed by atoms with E-state index in [9.17, 15) is 4.79 Å². The van der Waals surface area contributed by atoms with Crippen LogP contribution in [0.25, 0.3) is 0 Å². The van der Waals surface area contributed by atoms with Gasteiger partial charge in [-0.25, -0.2) is 0 Å². The Labute approximate surface area is 232 Å². The summed E-state index contributed by atoms with van der Waals surface area (Å²) in [5.41, 5.74) is 6.48. The average molecular weight is 523 g/mol. The minimum absolute atomic E-state index is 0. The quantitative estimate of drug-likeness (QED) is 0.278. The van der Waals surface area contributed by atoms with Crippen molar-refractivity contribution >= 4 is 24.0 Å². The van der Waals surface area contributed by atoms with Gasteiger partial charge in [0.25, 0.3) is 0 Å². The van der Waals surface area contributed by atoms with Crippen LogP contribution in [0.15, 0.2) is 109 Å². The first-order chi connectivity index (χ1) is 18.2. The Hall–Kier alpha value is -3.40. The van der Waals surface area contributed by atoms with Gasteiger partial charge in [-0.3, -0.25) is 4.79 Å². The van der Waals surface area contributed by atoms with Crippen LogP contribution < -0.4 is 5.32 Å². The van der Waals surface area contributed by atoms with Crippen molar-refractivity contribution in [1.29, 1.82) is 0 Å². The van der Waals surface area contributed by atoms with Gasteiger partial charge < -0.3 is 10.2 Å². The Balaban J connectivity index is 0.00000294. The van der Waals surface area contributed by atoms with E-state index in [1.54, 1.807) is 0 Å². The van der Waals surface area contributed by atoms with E-state index in [-0.39, 0.29) is 18.3 Å². The molecule has 194 valence electrons. The molecule has 0 saturated carbocycles. The highest BCUT2D eigenvalue weighted by molar-refractivity contribution is 6.09. The molecule has 38 heavy (non-hydrogen) atoms. The summed E-state index contributed by atoms with van der Waals surface area (Å²) in [6, 6.07) is 38.3. The molecular formula is C34H35ClN2O. The molecule has 0 aliphatic carbocycles. The molecule has 4 aromatic rings. The lowest BCUT2D eigenvalue weighted by Crippen LogP contribution is -2.42. The lowest BCUT2D eigenvalue weighted by molar-refractivity contribution is -0.119. The summed E-state index contributed by atoms with van der Waals surface area (Å²) >= 11 is 0.